The van der Waals surface area contributed by atoms with Crippen LogP contribution in [0.1, 0.15) is 15.9 Å². The van der Waals surface area contributed by atoms with Gasteiger partial charge in [-0.3, -0.25) is 4.68 Å². The summed E-state index contributed by atoms with van der Waals surface area (Å²) in [6.07, 6.45) is 3.77. The minimum absolute atomic E-state index is 0.378. The smallest absolute Gasteiger partial charge is 0.340 e. The van der Waals surface area contributed by atoms with Crippen LogP contribution in [0, 0.1) is 0 Å². The van der Waals surface area contributed by atoms with Crippen molar-refractivity contribution < 1.29 is 9.53 Å². The van der Waals surface area contributed by atoms with Crippen LogP contribution < -0.4 is 10.6 Å². The number of aryl methyl sites for hydroxylation is 1. The number of rotatable bonds is 4. The fourth-order valence-electron chi connectivity index (χ4n) is 1.99. The molecular formula is C14H18N4O2. The molecule has 0 aliphatic heterocycles. The van der Waals surface area contributed by atoms with Crippen molar-refractivity contribution in [2.75, 3.05) is 24.8 Å². The Labute approximate surface area is 117 Å². The number of anilines is 2. The number of nitrogen functional groups attached to an aromatic ring is 1. The van der Waals surface area contributed by atoms with E-state index in [9.17, 15) is 4.79 Å². The molecule has 2 aromatic rings. The summed E-state index contributed by atoms with van der Waals surface area (Å²) in [4.78, 5) is 13.7. The number of carbonyl (C=O) groups excluding carboxylic acids is 1. The van der Waals surface area contributed by atoms with Gasteiger partial charge in [-0.25, -0.2) is 4.79 Å². The molecule has 0 aliphatic rings. The van der Waals surface area contributed by atoms with Gasteiger partial charge in [-0.05, 0) is 18.2 Å². The Morgan fingerprint density at radius 3 is 2.85 bits per heavy atom. The molecule has 0 saturated carbocycles. The van der Waals surface area contributed by atoms with Gasteiger partial charge in [-0.1, -0.05) is 0 Å². The number of ether oxygens (including phenoxy) is 1. The van der Waals surface area contributed by atoms with Gasteiger partial charge in [0.05, 0.1) is 18.9 Å². The normalized spacial score (nSPS) is 10.3. The Morgan fingerprint density at radius 1 is 1.50 bits per heavy atom. The molecule has 6 nitrogen and oxygen atoms in total. The van der Waals surface area contributed by atoms with Gasteiger partial charge < -0.3 is 15.4 Å². The van der Waals surface area contributed by atoms with Crippen LogP contribution in [-0.2, 0) is 18.3 Å². The first-order valence-corrected chi connectivity index (χ1v) is 6.17. The summed E-state index contributed by atoms with van der Waals surface area (Å²) in [6.45, 7) is 0.693. The molecule has 0 radical (unpaired) electrons. The average Bonchev–Trinajstić information content (AvgIpc) is 2.83. The second-order valence-electron chi connectivity index (χ2n) is 4.64. The van der Waals surface area contributed by atoms with E-state index in [2.05, 4.69) is 5.10 Å². The number of benzene rings is 1. The van der Waals surface area contributed by atoms with E-state index in [1.165, 1.54) is 7.11 Å². The summed E-state index contributed by atoms with van der Waals surface area (Å²) in [6, 6.07) is 5.32. The number of hydrogen-bond acceptors (Lipinski definition) is 5. The largest absolute Gasteiger partial charge is 0.465 e. The molecule has 0 fully saturated rings. The van der Waals surface area contributed by atoms with Gasteiger partial charge in [0.2, 0.25) is 0 Å². The third-order valence-electron chi connectivity index (χ3n) is 3.06. The predicted octanol–water partition coefficient (Wildman–Crippen LogP) is 1.43. The summed E-state index contributed by atoms with van der Waals surface area (Å²) in [5, 5.41) is 4.13. The maximum absolute atomic E-state index is 11.6. The van der Waals surface area contributed by atoms with Gasteiger partial charge in [0, 0.05) is 43.8 Å². The zero-order valence-corrected chi connectivity index (χ0v) is 11.8. The third kappa shape index (κ3) is 2.90. The van der Waals surface area contributed by atoms with Crippen molar-refractivity contribution >= 4 is 17.3 Å². The molecule has 0 aliphatic carbocycles. The number of nitrogens with two attached hydrogens (primary N) is 1. The van der Waals surface area contributed by atoms with E-state index in [-0.39, 0.29) is 0 Å². The van der Waals surface area contributed by atoms with Crippen LogP contribution in [0.2, 0.25) is 0 Å². The number of esters is 1. The standard InChI is InChI=1S/C14H18N4O2/c1-17(8-10-7-16-18(2)9-10)11-4-5-13(15)12(6-11)14(19)20-3/h4-7,9H,8,15H2,1-3H3. The molecule has 0 amide bonds. The van der Waals surface area contributed by atoms with E-state index < -0.39 is 5.97 Å². The van der Waals surface area contributed by atoms with E-state index in [1.807, 2.05) is 37.5 Å². The Morgan fingerprint density at radius 2 is 2.25 bits per heavy atom. The summed E-state index contributed by atoms with van der Waals surface area (Å²) in [5.41, 5.74) is 8.56. The quantitative estimate of drug-likeness (QED) is 0.674. The Hall–Kier alpha value is -2.50. The minimum atomic E-state index is -0.431. The molecule has 0 spiro atoms. The van der Waals surface area contributed by atoms with E-state index in [1.54, 1.807) is 16.8 Å². The van der Waals surface area contributed by atoms with Crippen molar-refractivity contribution in [3.8, 4) is 0 Å². The van der Waals surface area contributed by atoms with Gasteiger partial charge in [-0.15, -0.1) is 0 Å². The first kappa shape index (κ1) is 13.9. The van der Waals surface area contributed by atoms with Crippen molar-refractivity contribution in [1.29, 1.82) is 0 Å². The van der Waals surface area contributed by atoms with Crippen LogP contribution in [0.5, 0.6) is 0 Å². The lowest BCUT2D eigenvalue weighted by Gasteiger charge is -2.19. The topological polar surface area (TPSA) is 73.4 Å². The van der Waals surface area contributed by atoms with Crippen molar-refractivity contribution in [3.05, 3.63) is 41.7 Å². The first-order valence-electron chi connectivity index (χ1n) is 6.17. The lowest BCUT2D eigenvalue weighted by atomic mass is 10.1. The van der Waals surface area contributed by atoms with Crippen LogP contribution in [-0.4, -0.2) is 29.9 Å². The molecular weight excluding hydrogens is 256 g/mol. The third-order valence-corrected chi connectivity index (χ3v) is 3.06. The lowest BCUT2D eigenvalue weighted by Crippen LogP contribution is -2.17. The van der Waals surface area contributed by atoms with Gasteiger partial charge >= 0.3 is 5.97 Å². The number of carbonyl (C=O) groups is 1. The fourth-order valence-corrected chi connectivity index (χ4v) is 1.99. The Balaban J connectivity index is 2.21. The van der Waals surface area contributed by atoms with Crippen molar-refractivity contribution in [3.63, 3.8) is 0 Å². The van der Waals surface area contributed by atoms with Crippen LogP contribution in [0.3, 0.4) is 0 Å². The molecule has 1 aromatic heterocycles. The molecule has 0 saturated heterocycles. The molecule has 0 atom stereocenters. The number of nitrogens with zero attached hydrogens (tertiary/aromatic N) is 3. The highest BCUT2D eigenvalue weighted by atomic mass is 16.5. The van der Waals surface area contributed by atoms with E-state index in [0.29, 0.717) is 17.8 Å². The zero-order valence-electron chi connectivity index (χ0n) is 11.8. The second-order valence-corrected chi connectivity index (χ2v) is 4.64. The maximum Gasteiger partial charge on any atom is 0.340 e. The lowest BCUT2D eigenvalue weighted by molar-refractivity contribution is 0.0602. The molecule has 1 aromatic carbocycles. The number of aromatic nitrogens is 2. The zero-order chi connectivity index (χ0) is 14.7. The van der Waals surface area contributed by atoms with Crippen molar-refractivity contribution in [1.82, 2.24) is 9.78 Å². The van der Waals surface area contributed by atoms with Crippen LogP contribution in [0.25, 0.3) is 0 Å². The van der Waals surface area contributed by atoms with Crippen LogP contribution >= 0.6 is 0 Å². The summed E-state index contributed by atoms with van der Waals surface area (Å²) in [7, 11) is 5.16. The second kappa shape index (κ2) is 5.64. The van der Waals surface area contributed by atoms with Crippen LogP contribution in [0.4, 0.5) is 11.4 Å². The molecule has 2 N–H and O–H groups in total. The fraction of sp³-hybridized carbons (Fsp3) is 0.286. The van der Waals surface area contributed by atoms with Gasteiger partial charge in [-0.2, -0.15) is 5.10 Å². The molecule has 1 heterocycles. The number of methoxy groups -OCH3 is 1. The Kier molecular flexibility index (Phi) is 3.93. The SMILES string of the molecule is COC(=O)c1cc(N(C)Cc2cnn(C)c2)ccc1N. The summed E-state index contributed by atoms with van der Waals surface area (Å²) >= 11 is 0. The van der Waals surface area contributed by atoms with Gasteiger partial charge in [0.15, 0.2) is 0 Å². The average molecular weight is 274 g/mol. The van der Waals surface area contributed by atoms with E-state index in [4.69, 9.17) is 10.5 Å². The highest BCUT2D eigenvalue weighted by Crippen LogP contribution is 2.22. The van der Waals surface area contributed by atoms with Gasteiger partial charge in [0.25, 0.3) is 0 Å². The highest BCUT2D eigenvalue weighted by molar-refractivity contribution is 5.96. The molecule has 106 valence electrons. The molecule has 20 heavy (non-hydrogen) atoms. The molecule has 0 unspecified atom stereocenters. The summed E-state index contributed by atoms with van der Waals surface area (Å²) in [5.74, 6) is -0.431. The summed E-state index contributed by atoms with van der Waals surface area (Å²) < 4.78 is 6.48. The molecule has 6 heteroatoms. The van der Waals surface area contributed by atoms with Crippen molar-refractivity contribution in [2.24, 2.45) is 7.05 Å². The first-order chi connectivity index (χ1) is 9.51. The molecule has 2 rings (SSSR count). The monoisotopic (exact) mass is 274 g/mol. The minimum Gasteiger partial charge on any atom is -0.465 e. The Bertz CT molecular complexity index is 621. The predicted molar refractivity (Wildman–Crippen MR) is 77.5 cm³/mol. The molecule has 0 bridgehead atoms. The highest BCUT2D eigenvalue weighted by Gasteiger charge is 2.12. The van der Waals surface area contributed by atoms with E-state index >= 15 is 0 Å². The number of hydrogen-bond donors (Lipinski definition) is 1. The van der Waals surface area contributed by atoms with Crippen LogP contribution in [0.15, 0.2) is 30.6 Å². The van der Waals surface area contributed by atoms with Crippen molar-refractivity contribution in [2.45, 2.75) is 6.54 Å². The van der Waals surface area contributed by atoms with Gasteiger partial charge in [0.1, 0.15) is 0 Å². The maximum atomic E-state index is 11.6. The van der Waals surface area contributed by atoms with E-state index in [0.717, 1.165) is 11.3 Å².